The summed E-state index contributed by atoms with van der Waals surface area (Å²) >= 11 is 7.43. The number of carbonyl (C=O) groups is 1. The SMILES string of the molecule is COc1ccc([N+](=O)[O-])cc1NC(=O)CSc1nnc(C(C)Oc2ccccc2Cl)n1CC(C)C. The molecule has 3 aromatic rings. The highest BCUT2D eigenvalue weighted by Gasteiger charge is 2.22. The highest BCUT2D eigenvalue weighted by atomic mass is 35.5. The quantitative estimate of drug-likeness (QED) is 0.204. The number of anilines is 1. The highest BCUT2D eigenvalue weighted by Crippen LogP contribution is 2.31. The van der Waals surface area contributed by atoms with Crippen molar-refractivity contribution in [3.05, 3.63) is 63.4 Å². The number of para-hydroxylation sites is 1. The van der Waals surface area contributed by atoms with Gasteiger partial charge in [0.15, 0.2) is 17.1 Å². The summed E-state index contributed by atoms with van der Waals surface area (Å²) < 4.78 is 13.1. The maximum Gasteiger partial charge on any atom is 0.271 e. The van der Waals surface area contributed by atoms with Gasteiger partial charge in [-0.2, -0.15) is 0 Å². The van der Waals surface area contributed by atoms with Gasteiger partial charge in [0.2, 0.25) is 5.91 Å². The molecule has 3 rings (SSSR count). The maximum atomic E-state index is 12.6. The molecule has 0 saturated carbocycles. The molecule has 12 heteroatoms. The summed E-state index contributed by atoms with van der Waals surface area (Å²) in [5, 5.41) is 23.4. The standard InChI is InChI=1S/C23H26ClN5O5S/c1-14(2)12-28-22(15(3)34-19-8-6-5-7-17(19)24)26-27-23(28)35-13-21(30)25-18-11-16(29(31)32)9-10-20(18)33-4/h5-11,14-15H,12-13H2,1-4H3,(H,25,30). The topological polar surface area (TPSA) is 121 Å². The molecule has 1 atom stereocenters. The molecule has 0 aliphatic rings. The van der Waals surface area contributed by atoms with Crippen molar-refractivity contribution in [2.45, 2.75) is 38.6 Å². The van der Waals surface area contributed by atoms with Crippen LogP contribution in [-0.4, -0.2) is 38.5 Å². The van der Waals surface area contributed by atoms with Gasteiger partial charge in [-0.1, -0.05) is 49.3 Å². The van der Waals surface area contributed by atoms with E-state index in [1.807, 2.05) is 23.6 Å². The van der Waals surface area contributed by atoms with Crippen molar-refractivity contribution >= 4 is 40.6 Å². The number of thioether (sulfide) groups is 1. The van der Waals surface area contributed by atoms with Crippen LogP contribution >= 0.6 is 23.4 Å². The van der Waals surface area contributed by atoms with Crippen LogP contribution < -0.4 is 14.8 Å². The molecule has 0 bridgehead atoms. The first-order valence-electron chi connectivity index (χ1n) is 10.8. The molecule has 1 amide bonds. The zero-order chi connectivity index (χ0) is 25.5. The number of amides is 1. The number of nitrogens with one attached hydrogen (secondary N) is 1. The third-order valence-corrected chi connectivity index (χ3v) is 6.08. The molecule has 1 aromatic heterocycles. The summed E-state index contributed by atoms with van der Waals surface area (Å²) in [7, 11) is 1.42. The lowest BCUT2D eigenvalue weighted by atomic mass is 10.2. The van der Waals surface area contributed by atoms with E-state index in [0.29, 0.717) is 40.0 Å². The van der Waals surface area contributed by atoms with Crippen LogP contribution in [0, 0.1) is 16.0 Å². The normalized spacial score (nSPS) is 11.8. The van der Waals surface area contributed by atoms with E-state index in [9.17, 15) is 14.9 Å². The molecule has 2 aromatic carbocycles. The molecule has 0 radical (unpaired) electrons. The third-order valence-electron chi connectivity index (χ3n) is 4.80. The maximum absolute atomic E-state index is 12.6. The number of carbonyl (C=O) groups excluding carboxylic acids is 1. The van der Waals surface area contributed by atoms with E-state index in [1.165, 1.54) is 37.1 Å². The van der Waals surface area contributed by atoms with Crippen LogP contribution in [-0.2, 0) is 11.3 Å². The number of non-ortho nitro benzene ring substituents is 1. The number of nitro groups is 1. The van der Waals surface area contributed by atoms with Crippen molar-refractivity contribution in [1.29, 1.82) is 0 Å². The minimum atomic E-state index is -0.536. The number of hydrogen-bond acceptors (Lipinski definition) is 8. The van der Waals surface area contributed by atoms with Crippen LogP contribution in [0.4, 0.5) is 11.4 Å². The van der Waals surface area contributed by atoms with E-state index >= 15 is 0 Å². The molecule has 0 spiro atoms. The molecule has 0 aliphatic heterocycles. The van der Waals surface area contributed by atoms with Crippen molar-refractivity contribution < 1.29 is 19.2 Å². The first-order valence-corrected chi connectivity index (χ1v) is 12.1. The van der Waals surface area contributed by atoms with Crippen LogP contribution in [0.1, 0.15) is 32.7 Å². The zero-order valence-corrected chi connectivity index (χ0v) is 21.3. The van der Waals surface area contributed by atoms with Gasteiger partial charge in [-0.25, -0.2) is 0 Å². The average molecular weight is 520 g/mol. The minimum absolute atomic E-state index is 0.0157. The van der Waals surface area contributed by atoms with Gasteiger partial charge in [0.25, 0.3) is 5.69 Å². The van der Waals surface area contributed by atoms with Crippen LogP contribution in [0.25, 0.3) is 0 Å². The summed E-state index contributed by atoms with van der Waals surface area (Å²) in [6, 6.07) is 11.2. The van der Waals surface area contributed by atoms with Crippen molar-refractivity contribution in [2.24, 2.45) is 5.92 Å². The second-order valence-electron chi connectivity index (χ2n) is 8.01. The Morgan fingerprint density at radius 2 is 1.94 bits per heavy atom. The van der Waals surface area contributed by atoms with E-state index in [0.717, 1.165) is 0 Å². The third kappa shape index (κ3) is 6.86. The smallest absolute Gasteiger partial charge is 0.271 e. The number of nitrogens with zero attached hydrogens (tertiary/aromatic N) is 4. The summed E-state index contributed by atoms with van der Waals surface area (Å²) in [6.45, 7) is 6.62. The van der Waals surface area contributed by atoms with E-state index in [4.69, 9.17) is 21.1 Å². The number of halogens is 1. The van der Waals surface area contributed by atoms with Gasteiger partial charge in [0, 0.05) is 18.7 Å². The van der Waals surface area contributed by atoms with E-state index < -0.39 is 11.0 Å². The van der Waals surface area contributed by atoms with Crippen LogP contribution in [0.5, 0.6) is 11.5 Å². The van der Waals surface area contributed by atoms with Gasteiger partial charge in [-0.3, -0.25) is 14.9 Å². The number of ether oxygens (including phenoxy) is 2. The minimum Gasteiger partial charge on any atom is -0.495 e. The lowest BCUT2D eigenvalue weighted by molar-refractivity contribution is -0.384. The second kappa shape index (κ2) is 11.9. The Bertz CT molecular complexity index is 1200. The van der Waals surface area contributed by atoms with E-state index in [-0.39, 0.29) is 23.0 Å². The van der Waals surface area contributed by atoms with E-state index in [2.05, 4.69) is 29.4 Å². The summed E-state index contributed by atoms with van der Waals surface area (Å²) in [4.78, 5) is 23.2. The fourth-order valence-electron chi connectivity index (χ4n) is 3.25. The number of aromatic nitrogens is 3. The Morgan fingerprint density at radius 1 is 1.20 bits per heavy atom. The molecule has 0 saturated heterocycles. The average Bonchev–Trinajstić information content (AvgIpc) is 3.20. The molecule has 186 valence electrons. The predicted molar refractivity (Wildman–Crippen MR) is 134 cm³/mol. The first kappa shape index (κ1) is 26.3. The fourth-order valence-corrected chi connectivity index (χ4v) is 4.19. The van der Waals surface area contributed by atoms with Crippen LogP contribution in [0.2, 0.25) is 5.02 Å². The number of methoxy groups -OCH3 is 1. The van der Waals surface area contributed by atoms with Gasteiger partial charge in [-0.05, 0) is 31.0 Å². The zero-order valence-electron chi connectivity index (χ0n) is 19.7. The van der Waals surface area contributed by atoms with Crippen LogP contribution in [0.3, 0.4) is 0 Å². The summed E-state index contributed by atoms with van der Waals surface area (Å²) in [5.41, 5.74) is 0.0703. The largest absolute Gasteiger partial charge is 0.495 e. The van der Waals surface area contributed by atoms with E-state index in [1.54, 1.807) is 12.1 Å². The fraction of sp³-hybridized carbons (Fsp3) is 0.348. The van der Waals surface area contributed by atoms with Gasteiger partial charge < -0.3 is 19.4 Å². The van der Waals surface area contributed by atoms with Crippen LogP contribution in [0.15, 0.2) is 47.6 Å². The Balaban J connectivity index is 1.74. The van der Waals surface area contributed by atoms with Crippen molar-refractivity contribution in [3.8, 4) is 11.5 Å². The van der Waals surface area contributed by atoms with Crippen molar-refractivity contribution in [1.82, 2.24) is 14.8 Å². The molecular formula is C23H26ClN5O5S. The Labute approximate surface area is 212 Å². The molecule has 1 N–H and O–H groups in total. The Hall–Kier alpha value is -3.31. The van der Waals surface area contributed by atoms with Gasteiger partial charge in [0.05, 0.1) is 28.5 Å². The van der Waals surface area contributed by atoms with Crippen molar-refractivity contribution in [3.63, 3.8) is 0 Å². The molecule has 1 unspecified atom stereocenters. The summed E-state index contributed by atoms with van der Waals surface area (Å²) in [6.07, 6.45) is -0.432. The van der Waals surface area contributed by atoms with Gasteiger partial charge >= 0.3 is 0 Å². The Morgan fingerprint density at radius 3 is 2.60 bits per heavy atom. The van der Waals surface area contributed by atoms with Crippen molar-refractivity contribution in [2.75, 3.05) is 18.2 Å². The molecular weight excluding hydrogens is 494 g/mol. The molecule has 35 heavy (non-hydrogen) atoms. The lowest BCUT2D eigenvalue weighted by Gasteiger charge is -2.18. The molecule has 0 aliphatic carbocycles. The van der Waals surface area contributed by atoms with Gasteiger partial charge in [-0.15, -0.1) is 10.2 Å². The Kier molecular flexibility index (Phi) is 8.94. The number of hydrogen-bond donors (Lipinski definition) is 1. The molecule has 1 heterocycles. The molecule has 10 nitrogen and oxygen atoms in total. The lowest BCUT2D eigenvalue weighted by Crippen LogP contribution is -2.17. The second-order valence-corrected chi connectivity index (χ2v) is 9.36. The number of benzene rings is 2. The monoisotopic (exact) mass is 519 g/mol. The van der Waals surface area contributed by atoms with Gasteiger partial charge in [0.1, 0.15) is 11.5 Å². The highest BCUT2D eigenvalue weighted by molar-refractivity contribution is 7.99. The predicted octanol–water partition coefficient (Wildman–Crippen LogP) is 5.38. The number of rotatable bonds is 11. The number of nitro benzene ring substituents is 1. The first-order chi connectivity index (χ1) is 16.7. The summed E-state index contributed by atoms with van der Waals surface area (Å²) in [5.74, 6) is 1.42. The molecule has 0 fully saturated rings.